The Bertz CT molecular complexity index is 342. The second-order valence-corrected chi connectivity index (χ2v) is 3.82. The standard InChI is InChI=1S/C13H20N2/c1-6-11-8-9-12(7-2)13(10-11)15(5)14(3)4/h7-10H,2,6H2,1,3-5H3. The smallest absolute Gasteiger partial charge is 0.0593 e. The van der Waals surface area contributed by atoms with Crippen molar-refractivity contribution < 1.29 is 0 Å². The van der Waals surface area contributed by atoms with Crippen LogP contribution in [0.25, 0.3) is 6.08 Å². The molecule has 0 bridgehead atoms. The summed E-state index contributed by atoms with van der Waals surface area (Å²) in [6.45, 7) is 6.01. The molecule has 2 heteroatoms. The van der Waals surface area contributed by atoms with Crippen LogP contribution in [-0.4, -0.2) is 26.2 Å². The monoisotopic (exact) mass is 204 g/mol. The Labute approximate surface area is 92.8 Å². The van der Waals surface area contributed by atoms with Crippen LogP contribution in [0, 0.1) is 0 Å². The van der Waals surface area contributed by atoms with E-state index in [1.165, 1.54) is 16.8 Å². The van der Waals surface area contributed by atoms with Gasteiger partial charge in [0.15, 0.2) is 0 Å². The maximum atomic E-state index is 3.84. The molecule has 82 valence electrons. The third kappa shape index (κ3) is 2.60. The highest BCUT2D eigenvalue weighted by Crippen LogP contribution is 2.23. The average molecular weight is 204 g/mol. The molecule has 1 aromatic carbocycles. The van der Waals surface area contributed by atoms with E-state index in [1.807, 2.05) is 20.2 Å². The van der Waals surface area contributed by atoms with E-state index in [0.717, 1.165) is 6.42 Å². The van der Waals surface area contributed by atoms with E-state index in [2.05, 4.69) is 48.8 Å². The van der Waals surface area contributed by atoms with Crippen LogP contribution in [0.15, 0.2) is 24.8 Å². The molecule has 1 rings (SSSR count). The average Bonchev–Trinajstić information content (AvgIpc) is 2.27. The molecule has 0 fully saturated rings. The number of aryl methyl sites for hydroxylation is 1. The van der Waals surface area contributed by atoms with Gasteiger partial charge in [0.05, 0.1) is 5.69 Å². The molecule has 0 N–H and O–H groups in total. The van der Waals surface area contributed by atoms with Gasteiger partial charge in [-0.2, -0.15) is 0 Å². The Morgan fingerprint density at radius 3 is 2.40 bits per heavy atom. The van der Waals surface area contributed by atoms with Crippen LogP contribution in [0.5, 0.6) is 0 Å². The van der Waals surface area contributed by atoms with Gasteiger partial charge in [0.2, 0.25) is 0 Å². The Morgan fingerprint density at radius 2 is 1.93 bits per heavy atom. The van der Waals surface area contributed by atoms with Crippen LogP contribution < -0.4 is 5.01 Å². The zero-order chi connectivity index (χ0) is 11.4. The molecular weight excluding hydrogens is 184 g/mol. The van der Waals surface area contributed by atoms with Gasteiger partial charge in [-0.25, -0.2) is 5.01 Å². The van der Waals surface area contributed by atoms with Gasteiger partial charge in [0.1, 0.15) is 0 Å². The molecule has 0 heterocycles. The van der Waals surface area contributed by atoms with E-state index in [1.54, 1.807) is 0 Å². The molecule has 0 aliphatic rings. The van der Waals surface area contributed by atoms with Gasteiger partial charge in [0.25, 0.3) is 0 Å². The molecule has 0 unspecified atom stereocenters. The highest BCUT2D eigenvalue weighted by atomic mass is 15.6. The molecule has 0 saturated carbocycles. The Balaban J connectivity index is 3.16. The normalized spacial score (nSPS) is 10.5. The Hall–Kier alpha value is -1.28. The van der Waals surface area contributed by atoms with Crippen molar-refractivity contribution in [3.05, 3.63) is 35.9 Å². The minimum Gasteiger partial charge on any atom is -0.309 e. The van der Waals surface area contributed by atoms with Crippen molar-refractivity contribution in [1.82, 2.24) is 5.01 Å². The van der Waals surface area contributed by atoms with Crippen molar-refractivity contribution in [2.24, 2.45) is 0 Å². The number of nitrogens with zero attached hydrogens (tertiary/aromatic N) is 2. The third-order valence-corrected chi connectivity index (χ3v) is 2.67. The second-order valence-electron chi connectivity index (χ2n) is 3.82. The van der Waals surface area contributed by atoms with E-state index in [-0.39, 0.29) is 0 Å². The van der Waals surface area contributed by atoms with E-state index < -0.39 is 0 Å². The lowest BCUT2D eigenvalue weighted by Crippen LogP contribution is -2.33. The minimum atomic E-state index is 1.06. The maximum absolute atomic E-state index is 3.84. The van der Waals surface area contributed by atoms with Gasteiger partial charge in [-0.1, -0.05) is 31.7 Å². The molecule has 0 aromatic heterocycles. The molecule has 1 aromatic rings. The predicted octanol–water partition coefficient (Wildman–Crippen LogP) is 2.80. The molecule has 0 aliphatic carbocycles. The number of benzene rings is 1. The van der Waals surface area contributed by atoms with Gasteiger partial charge in [0, 0.05) is 21.1 Å². The summed E-state index contributed by atoms with van der Waals surface area (Å²) in [4.78, 5) is 0. The number of rotatable bonds is 4. The fourth-order valence-corrected chi connectivity index (χ4v) is 1.48. The van der Waals surface area contributed by atoms with Gasteiger partial charge in [-0.05, 0) is 23.6 Å². The van der Waals surface area contributed by atoms with Crippen molar-refractivity contribution >= 4 is 11.8 Å². The maximum Gasteiger partial charge on any atom is 0.0593 e. The van der Waals surface area contributed by atoms with Crippen molar-refractivity contribution in [3.8, 4) is 0 Å². The van der Waals surface area contributed by atoms with Crippen LogP contribution in [0.2, 0.25) is 0 Å². The molecule has 0 amide bonds. The van der Waals surface area contributed by atoms with E-state index >= 15 is 0 Å². The number of anilines is 1. The number of hydrogen-bond donors (Lipinski definition) is 0. The molecule has 0 aliphatic heterocycles. The van der Waals surface area contributed by atoms with Gasteiger partial charge in [-0.3, -0.25) is 0 Å². The molecule has 0 atom stereocenters. The lowest BCUT2D eigenvalue weighted by molar-refractivity contribution is 0.397. The van der Waals surface area contributed by atoms with Gasteiger partial charge >= 0.3 is 0 Å². The summed E-state index contributed by atoms with van der Waals surface area (Å²) in [5.41, 5.74) is 3.72. The summed E-state index contributed by atoms with van der Waals surface area (Å²) in [7, 11) is 6.12. The van der Waals surface area contributed by atoms with E-state index in [4.69, 9.17) is 0 Å². The quantitative estimate of drug-likeness (QED) is 0.696. The first-order valence-electron chi connectivity index (χ1n) is 5.26. The van der Waals surface area contributed by atoms with Crippen LogP contribution in [0.1, 0.15) is 18.1 Å². The van der Waals surface area contributed by atoms with Crippen LogP contribution in [0.3, 0.4) is 0 Å². The van der Waals surface area contributed by atoms with Crippen LogP contribution in [0.4, 0.5) is 5.69 Å². The SMILES string of the molecule is C=Cc1ccc(CC)cc1N(C)N(C)C. The summed E-state index contributed by atoms with van der Waals surface area (Å²) < 4.78 is 0. The highest BCUT2D eigenvalue weighted by Gasteiger charge is 2.07. The van der Waals surface area contributed by atoms with E-state index in [9.17, 15) is 0 Å². The second kappa shape index (κ2) is 4.99. The summed E-state index contributed by atoms with van der Waals surface area (Å²) in [6, 6.07) is 6.50. The molecule has 0 saturated heterocycles. The summed E-state index contributed by atoms with van der Waals surface area (Å²) in [5.74, 6) is 0. The van der Waals surface area contributed by atoms with Crippen molar-refractivity contribution in [2.45, 2.75) is 13.3 Å². The summed E-state index contributed by atoms with van der Waals surface area (Å²) in [6.07, 6.45) is 2.96. The highest BCUT2D eigenvalue weighted by molar-refractivity contribution is 5.67. The summed E-state index contributed by atoms with van der Waals surface area (Å²) >= 11 is 0. The number of hydrazine groups is 1. The lowest BCUT2D eigenvalue weighted by Gasteiger charge is -2.28. The fraction of sp³-hybridized carbons (Fsp3) is 0.385. The molecular formula is C13H20N2. The van der Waals surface area contributed by atoms with Gasteiger partial charge in [-0.15, -0.1) is 0 Å². The van der Waals surface area contributed by atoms with Crippen molar-refractivity contribution in [2.75, 3.05) is 26.2 Å². The van der Waals surface area contributed by atoms with Crippen molar-refractivity contribution in [3.63, 3.8) is 0 Å². The largest absolute Gasteiger partial charge is 0.309 e. The zero-order valence-corrected chi connectivity index (χ0v) is 10.1. The lowest BCUT2D eigenvalue weighted by atomic mass is 10.1. The molecule has 15 heavy (non-hydrogen) atoms. The first-order chi connectivity index (χ1) is 7.10. The van der Waals surface area contributed by atoms with Crippen LogP contribution >= 0.6 is 0 Å². The minimum absolute atomic E-state index is 1.06. The Kier molecular flexibility index (Phi) is 3.92. The predicted molar refractivity (Wildman–Crippen MR) is 68.0 cm³/mol. The molecule has 0 radical (unpaired) electrons. The van der Waals surface area contributed by atoms with Crippen LogP contribution in [-0.2, 0) is 6.42 Å². The first kappa shape index (κ1) is 11.8. The fourth-order valence-electron chi connectivity index (χ4n) is 1.48. The number of hydrogen-bond acceptors (Lipinski definition) is 2. The van der Waals surface area contributed by atoms with E-state index in [0.29, 0.717) is 0 Å². The van der Waals surface area contributed by atoms with Gasteiger partial charge < -0.3 is 5.01 Å². The van der Waals surface area contributed by atoms with Crippen molar-refractivity contribution in [1.29, 1.82) is 0 Å². The summed E-state index contributed by atoms with van der Waals surface area (Å²) in [5, 5.41) is 4.18. The molecule has 2 nitrogen and oxygen atoms in total. The molecule has 0 spiro atoms. The first-order valence-corrected chi connectivity index (χ1v) is 5.26. The topological polar surface area (TPSA) is 6.48 Å². The zero-order valence-electron chi connectivity index (χ0n) is 10.1. The third-order valence-electron chi connectivity index (χ3n) is 2.67. The Morgan fingerprint density at radius 1 is 1.27 bits per heavy atom.